The van der Waals surface area contributed by atoms with E-state index in [4.69, 9.17) is 21.3 Å². The lowest BCUT2D eigenvalue weighted by Crippen LogP contribution is -2.53. The molecule has 3 heterocycles. The lowest BCUT2D eigenvalue weighted by molar-refractivity contribution is 0.273. The minimum absolute atomic E-state index is 0.231. The Labute approximate surface area is 185 Å². The molecular weight excluding hydrogens is 421 g/mol. The van der Waals surface area contributed by atoms with Crippen molar-refractivity contribution in [1.29, 1.82) is 0 Å². The zero-order chi connectivity index (χ0) is 20.7. The van der Waals surface area contributed by atoms with E-state index in [0.717, 1.165) is 53.0 Å². The van der Waals surface area contributed by atoms with Gasteiger partial charge in [-0.05, 0) is 55.0 Å². The molecule has 0 amide bonds. The smallest absolute Gasteiger partial charge is 0.188 e. The van der Waals surface area contributed by atoms with Crippen LogP contribution in [0.5, 0.6) is 5.75 Å². The number of halogens is 2. The zero-order valence-corrected chi connectivity index (χ0v) is 18.6. The van der Waals surface area contributed by atoms with Crippen LogP contribution in [-0.2, 0) is 0 Å². The molecule has 3 aromatic rings. The third-order valence-corrected chi connectivity index (χ3v) is 7.25. The van der Waals surface area contributed by atoms with Gasteiger partial charge in [0.1, 0.15) is 0 Å². The second kappa shape index (κ2) is 8.23. The fraction of sp³-hybridized carbons (Fsp3) is 0.435. The van der Waals surface area contributed by atoms with Crippen molar-refractivity contribution in [2.45, 2.75) is 19.8 Å². The zero-order valence-electron chi connectivity index (χ0n) is 17.0. The number of fused-ring (bicyclic) bond motifs is 3. The van der Waals surface area contributed by atoms with Crippen LogP contribution in [-0.4, -0.2) is 37.8 Å². The number of benzene rings is 2. The number of hydrogen-bond donors (Lipinski definition) is 0. The Morgan fingerprint density at radius 1 is 1.13 bits per heavy atom. The van der Waals surface area contributed by atoms with Gasteiger partial charge in [0, 0.05) is 31.2 Å². The van der Waals surface area contributed by atoms with Gasteiger partial charge in [0.05, 0.1) is 22.5 Å². The number of ether oxygens (including phenoxy) is 1. The summed E-state index contributed by atoms with van der Waals surface area (Å²) in [5.41, 5.74) is 1.67. The van der Waals surface area contributed by atoms with Gasteiger partial charge in [-0.2, -0.15) is 0 Å². The molecule has 2 bridgehead atoms. The molecule has 4 nitrogen and oxygen atoms in total. The molecule has 2 unspecified atom stereocenters. The van der Waals surface area contributed by atoms with Gasteiger partial charge in [-0.1, -0.05) is 35.9 Å². The molecule has 2 aliphatic heterocycles. The highest BCUT2D eigenvalue weighted by Gasteiger charge is 2.36. The van der Waals surface area contributed by atoms with Crippen molar-refractivity contribution in [1.82, 2.24) is 4.98 Å². The second-order valence-corrected chi connectivity index (χ2v) is 9.77. The van der Waals surface area contributed by atoms with Crippen molar-refractivity contribution in [3.8, 4) is 5.75 Å². The Morgan fingerprint density at radius 3 is 2.67 bits per heavy atom. The molecule has 0 N–H and O–H groups in total. The van der Waals surface area contributed by atoms with Crippen LogP contribution in [0.4, 0.5) is 15.2 Å². The van der Waals surface area contributed by atoms with Gasteiger partial charge in [0.2, 0.25) is 0 Å². The predicted molar refractivity (Wildman–Crippen MR) is 123 cm³/mol. The van der Waals surface area contributed by atoms with Gasteiger partial charge >= 0.3 is 0 Å². The molecule has 2 atom stereocenters. The van der Waals surface area contributed by atoms with Crippen LogP contribution in [0.15, 0.2) is 36.4 Å². The number of rotatable bonds is 5. The molecule has 5 rings (SSSR count). The van der Waals surface area contributed by atoms with E-state index in [0.29, 0.717) is 29.9 Å². The average Bonchev–Trinajstić information content (AvgIpc) is 3.15. The first-order valence-corrected chi connectivity index (χ1v) is 11.8. The van der Waals surface area contributed by atoms with E-state index in [9.17, 15) is 0 Å². The quantitative estimate of drug-likeness (QED) is 0.493. The maximum atomic E-state index is 15.1. The molecule has 0 radical (unpaired) electrons. The Morgan fingerprint density at radius 2 is 1.90 bits per heavy atom. The van der Waals surface area contributed by atoms with E-state index in [2.05, 4.69) is 9.80 Å². The standard InChI is InChI=1S/C23H25ClFN3OS/c1-2-8-29-20-5-3-4-19(22(20)25)27-11-15-9-16(12-27)14-28(13-15)23-26-18-7-6-17(24)10-21(18)30-23/h3-7,10,15-16H,2,8-9,11-14H2,1H3. The number of aromatic nitrogens is 1. The lowest BCUT2D eigenvalue weighted by atomic mass is 9.84. The van der Waals surface area contributed by atoms with Crippen molar-refractivity contribution in [3.05, 3.63) is 47.2 Å². The largest absolute Gasteiger partial charge is 0.490 e. The summed E-state index contributed by atoms with van der Waals surface area (Å²) in [7, 11) is 0. The Bertz CT molecular complexity index is 1040. The maximum Gasteiger partial charge on any atom is 0.188 e. The van der Waals surface area contributed by atoms with Crippen LogP contribution in [0.1, 0.15) is 19.8 Å². The highest BCUT2D eigenvalue weighted by Crippen LogP contribution is 2.38. The van der Waals surface area contributed by atoms with Crippen LogP contribution >= 0.6 is 22.9 Å². The molecule has 2 fully saturated rings. The molecule has 1 aromatic heterocycles. The summed E-state index contributed by atoms with van der Waals surface area (Å²) < 4.78 is 21.8. The normalized spacial score (nSPS) is 21.3. The van der Waals surface area contributed by atoms with Crippen LogP contribution in [0.3, 0.4) is 0 Å². The third-order valence-electron chi connectivity index (χ3n) is 5.94. The monoisotopic (exact) mass is 445 g/mol. The first-order chi connectivity index (χ1) is 14.6. The van der Waals surface area contributed by atoms with Crippen LogP contribution in [0.2, 0.25) is 5.02 Å². The van der Waals surface area contributed by atoms with E-state index in [1.54, 1.807) is 17.4 Å². The number of thiazole rings is 1. The van der Waals surface area contributed by atoms with Gasteiger partial charge in [0.15, 0.2) is 16.7 Å². The number of piperidine rings is 2. The molecule has 2 saturated heterocycles. The van der Waals surface area contributed by atoms with Crippen molar-refractivity contribution in [2.75, 3.05) is 42.6 Å². The molecule has 2 aromatic carbocycles. The highest BCUT2D eigenvalue weighted by molar-refractivity contribution is 7.22. The summed E-state index contributed by atoms with van der Waals surface area (Å²) in [5.74, 6) is 1.12. The summed E-state index contributed by atoms with van der Waals surface area (Å²) in [6.45, 7) is 6.19. The van der Waals surface area contributed by atoms with Crippen LogP contribution in [0, 0.1) is 17.7 Å². The SMILES string of the molecule is CCCOc1cccc(N2CC3CC(CN(c4nc5ccc(Cl)cc5s4)C3)C2)c1F. The second-order valence-electron chi connectivity index (χ2n) is 8.32. The Hall–Kier alpha value is -2.05. The summed E-state index contributed by atoms with van der Waals surface area (Å²) in [4.78, 5) is 9.45. The molecule has 0 saturated carbocycles. The van der Waals surface area contributed by atoms with E-state index < -0.39 is 0 Å². The van der Waals surface area contributed by atoms with Crippen molar-refractivity contribution in [2.24, 2.45) is 11.8 Å². The lowest BCUT2D eigenvalue weighted by Gasteiger charge is -2.46. The van der Waals surface area contributed by atoms with Gasteiger partial charge in [-0.3, -0.25) is 0 Å². The predicted octanol–water partition coefficient (Wildman–Crippen LogP) is 5.84. The summed E-state index contributed by atoms with van der Waals surface area (Å²) in [6.07, 6.45) is 2.06. The topological polar surface area (TPSA) is 28.6 Å². The van der Waals surface area contributed by atoms with Crippen molar-refractivity contribution in [3.63, 3.8) is 0 Å². The molecule has 7 heteroatoms. The first-order valence-electron chi connectivity index (χ1n) is 10.6. The Balaban J connectivity index is 1.33. The summed E-state index contributed by atoms with van der Waals surface area (Å²) in [5, 5.41) is 1.81. The fourth-order valence-electron chi connectivity index (χ4n) is 4.72. The van der Waals surface area contributed by atoms with Gasteiger partial charge in [-0.25, -0.2) is 9.37 Å². The third kappa shape index (κ3) is 3.83. The van der Waals surface area contributed by atoms with Gasteiger partial charge < -0.3 is 14.5 Å². The van der Waals surface area contributed by atoms with E-state index in [-0.39, 0.29) is 5.82 Å². The molecule has 158 valence electrons. The van der Waals surface area contributed by atoms with Crippen molar-refractivity contribution < 1.29 is 9.13 Å². The number of hydrogen-bond acceptors (Lipinski definition) is 5. The molecule has 0 spiro atoms. The maximum absolute atomic E-state index is 15.1. The van der Waals surface area contributed by atoms with E-state index in [1.165, 1.54) is 6.42 Å². The van der Waals surface area contributed by atoms with E-state index in [1.807, 2.05) is 37.3 Å². The summed E-state index contributed by atoms with van der Waals surface area (Å²) in [6, 6.07) is 11.4. The fourth-order valence-corrected chi connectivity index (χ4v) is 5.98. The average molecular weight is 446 g/mol. The van der Waals surface area contributed by atoms with Gasteiger partial charge in [-0.15, -0.1) is 0 Å². The van der Waals surface area contributed by atoms with Crippen LogP contribution in [0.25, 0.3) is 10.2 Å². The minimum atomic E-state index is -0.231. The minimum Gasteiger partial charge on any atom is -0.490 e. The van der Waals surface area contributed by atoms with Gasteiger partial charge in [0.25, 0.3) is 0 Å². The number of anilines is 2. The molecule has 30 heavy (non-hydrogen) atoms. The molecule has 2 aliphatic rings. The van der Waals surface area contributed by atoms with E-state index >= 15 is 4.39 Å². The summed E-state index contributed by atoms with van der Waals surface area (Å²) >= 11 is 7.84. The highest BCUT2D eigenvalue weighted by atomic mass is 35.5. The Kier molecular flexibility index (Phi) is 5.46. The first kappa shape index (κ1) is 19.9. The van der Waals surface area contributed by atoms with Crippen LogP contribution < -0.4 is 14.5 Å². The molecular formula is C23H25ClFN3OS. The number of nitrogens with zero attached hydrogens (tertiary/aromatic N) is 3. The molecule has 0 aliphatic carbocycles. The van der Waals surface area contributed by atoms with Crippen molar-refractivity contribution >= 4 is 44.0 Å².